The first-order chi connectivity index (χ1) is 7.63. The van der Waals surface area contributed by atoms with Gasteiger partial charge in [-0.05, 0) is 47.2 Å². The maximum Gasteiger partial charge on any atom is 0.319 e. The van der Waals surface area contributed by atoms with Gasteiger partial charge in [0.15, 0.2) is 0 Å². The van der Waals surface area contributed by atoms with Crippen LogP contribution in [0, 0.1) is 3.57 Å². The number of benzene rings is 1. The van der Waals surface area contributed by atoms with E-state index in [1.807, 2.05) is 6.07 Å². The minimum atomic E-state index is -0.173. The van der Waals surface area contributed by atoms with Crippen LogP contribution in [0.25, 0.3) is 0 Å². The van der Waals surface area contributed by atoms with Crippen molar-refractivity contribution in [3.8, 4) is 0 Å². The van der Waals surface area contributed by atoms with Crippen molar-refractivity contribution in [2.24, 2.45) is 0 Å². The molecule has 0 aliphatic heterocycles. The lowest BCUT2D eigenvalue weighted by molar-refractivity contribution is 0.252. The summed E-state index contributed by atoms with van der Waals surface area (Å²) in [5.41, 5.74) is 0.777. The van der Waals surface area contributed by atoms with Gasteiger partial charge in [0.1, 0.15) is 0 Å². The third-order valence-corrected chi connectivity index (χ3v) is 3.12. The SMILES string of the molecule is CCCCNC(=O)Nc1ccc(Cl)cc1I. The molecule has 0 saturated heterocycles. The Morgan fingerprint density at radius 1 is 1.50 bits per heavy atom. The van der Waals surface area contributed by atoms with Gasteiger partial charge < -0.3 is 10.6 Å². The van der Waals surface area contributed by atoms with E-state index >= 15 is 0 Å². The summed E-state index contributed by atoms with van der Waals surface area (Å²) in [5, 5.41) is 6.24. The van der Waals surface area contributed by atoms with Gasteiger partial charge in [-0.2, -0.15) is 0 Å². The van der Waals surface area contributed by atoms with Crippen molar-refractivity contribution >= 4 is 45.9 Å². The maximum atomic E-state index is 11.5. The summed E-state index contributed by atoms with van der Waals surface area (Å²) in [6, 6.07) is 5.19. The summed E-state index contributed by atoms with van der Waals surface area (Å²) in [6.45, 7) is 2.79. The number of hydrogen-bond acceptors (Lipinski definition) is 1. The minimum absolute atomic E-state index is 0.173. The van der Waals surface area contributed by atoms with Crippen LogP contribution in [0.4, 0.5) is 10.5 Å². The number of carbonyl (C=O) groups is 1. The zero-order valence-corrected chi connectivity index (χ0v) is 11.9. The normalized spacial score (nSPS) is 9.94. The molecule has 0 radical (unpaired) electrons. The lowest BCUT2D eigenvalue weighted by Crippen LogP contribution is -2.29. The number of hydrogen-bond donors (Lipinski definition) is 2. The predicted molar refractivity (Wildman–Crippen MR) is 76.1 cm³/mol. The van der Waals surface area contributed by atoms with Gasteiger partial charge >= 0.3 is 6.03 Å². The van der Waals surface area contributed by atoms with Crippen molar-refractivity contribution in [3.63, 3.8) is 0 Å². The fraction of sp³-hybridized carbons (Fsp3) is 0.364. The molecule has 0 spiro atoms. The van der Waals surface area contributed by atoms with Crippen LogP contribution < -0.4 is 10.6 Å². The van der Waals surface area contributed by atoms with Gasteiger partial charge in [0.2, 0.25) is 0 Å². The molecule has 1 aromatic rings. The first-order valence-corrected chi connectivity index (χ1v) is 6.59. The fourth-order valence-electron chi connectivity index (χ4n) is 1.14. The standard InChI is InChI=1S/C11H14ClIN2O/c1-2-3-6-14-11(16)15-10-5-4-8(12)7-9(10)13/h4-5,7H,2-3,6H2,1H3,(H2,14,15,16). The highest BCUT2D eigenvalue weighted by molar-refractivity contribution is 14.1. The Bertz CT molecular complexity index is 371. The van der Waals surface area contributed by atoms with E-state index < -0.39 is 0 Å². The Balaban J connectivity index is 2.49. The van der Waals surface area contributed by atoms with Crippen molar-refractivity contribution in [2.75, 3.05) is 11.9 Å². The second kappa shape index (κ2) is 6.96. The zero-order valence-electron chi connectivity index (χ0n) is 9.02. The van der Waals surface area contributed by atoms with Gasteiger partial charge in [0.05, 0.1) is 5.69 Å². The molecule has 1 rings (SSSR count). The van der Waals surface area contributed by atoms with Gasteiger partial charge in [-0.3, -0.25) is 0 Å². The van der Waals surface area contributed by atoms with Crippen LogP contribution in [0.3, 0.4) is 0 Å². The van der Waals surface area contributed by atoms with E-state index in [4.69, 9.17) is 11.6 Å². The van der Waals surface area contributed by atoms with Crippen LogP contribution in [-0.2, 0) is 0 Å². The van der Waals surface area contributed by atoms with E-state index in [1.165, 1.54) is 0 Å². The molecule has 0 heterocycles. The van der Waals surface area contributed by atoms with E-state index in [0.29, 0.717) is 11.6 Å². The molecule has 0 aliphatic carbocycles. The third kappa shape index (κ3) is 4.57. The fourth-order valence-corrected chi connectivity index (χ4v) is 2.14. The summed E-state index contributed by atoms with van der Waals surface area (Å²) in [4.78, 5) is 11.5. The van der Waals surface area contributed by atoms with Crippen LogP contribution in [-0.4, -0.2) is 12.6 Å². The summed E-state index contributed by atoms with van der Waals surface area (Å²) in [6.07, 6.45) is 2.06. The highest BCUT2D eigenvalue weighted by Gasteiger charge is 2.04. The van der Waals surface area contributed by atoms with Crippen molar-refractivity contribution in [2.45, 2.75) is 19.8 Å². The number of urea groups is 1. The second-order valence-electron chi connectivity index (χ2n) is 3.36. The van der Waals surface area contributed by atoms with Crippen LogP contribution in [0.1, 0.15) is 19.8 Å². The molecule has 0 bridgehead atoms. The number of carbonyl (C=O) groups excluding carboxylic acids is 1. The van der Waals surface area contributed by atoms with Crippen LogP contribution in [0.5, 0.6) is 0 Å². The first-order valence-electron chi connectivity index (χ1n) is 5.13. The molecule has 0 unspecified atom stereocenters. The lowest BCUT2D eigenvalue weighted by atomic mass is 10.3. The van der Waals surface area contributed by atoms with Gasteiger partial charge in [0, 0.05) is 15.1 Å². The van der Waals surface area contributed by atoms with Crippen LogP contribution >= 0.6 is 34.2 Å². The summed E-state index contributed by atoms with van der Waals surface area (Å²) in [5.74, 6) is 0. The van der Waals surface area contributed by atoms with Crippen molar-refractivity contribution in [3.05, 3.63) is 26.8 Å². The largest absolute Gasteiger partial charge is 0.338 e. The summed E-state index contributed by atoms with van der Waals surface area (Å²) >= 11 is 7.96. The molecule has 0 fully saturated rings. The Hall–Kier alpha value is -0.490. The van der Waals surface area contributed by atoms with Gasteiger partial charge in [-0.15, -0.1) is 0 Å². The number of nitrogens with one attached hydrogen (secondary N) is 2. The topological polar surface area (TPSA) is 41.1 Å². The second-order valence-corrected chi connectivity index (χ2v) is 4.96. The number of amides is 2. The van der Waals surface area contributed by atoms with Gasteiger partial charge in [-0.25, -0.2) is 4.79 Å². The summed E-state index contributed by atoms with van der Waals surface area (Å²) in [7, 11) is 0. The molecule has 1 aromatic carbocycles. The monoisotopic (exact) mass is 352 g/mol. The van der Waals surface area contributed by atoms with Gasteiger partial charge in [0.25, 0.3) is 0 Å². The smallest absolute Gasteiger partial charge is 0.319 e. The van der Waals surface area contributed by atoms with E-state index in [9.17, 15) is 4.79 Å². The van der Waals surface area contributed by atoms with Crippen molar-refractivity contribution in [1.82, 2.24) is 5.32 Å². The molecule has 16 heavy (non-hydrogen) atoms. The molecule has 3 nitrogen and oxygen atoms in total. The number of rotatable bonds is 4. The zero-order chi connectivity index (χ0) is 12.0. The Morgan fingerprint density at radius 3 is 2.88 bits per heavy atom. The van der Waals surface area contributed by atoms with E-state index in [2.05, 4.69) is 40.1 Å². The molecule has 2 N–H and O–H groups in total. The highest BCUT2D eigenvalue weighted by Crippen LogP contribution is 2.21. The predicted octanol–water partition coefficient (Wildman–Crippen LogP) is 3.87. The molecule has 5 heteroatoms. The van der Waals surface area contributed by atoms with Crippen LogP contribution in [0.15, 0.2) is 18.2 Å². The molecule has 0 aromatic heterocycles. The average Bonchev–Trinajstić information content (AvgIpc) is 2.23. The average molecular weight is 353 g/mol. The molecule has 2 amide bonds. The molecule has 0 saturated carbocycles. The molecular weight excluding hydrogens is 338 g/mol. The van der Waals surface area contributed by atoms with E-state index in [-0.39, 0.29) is 6.03 Å². The Morgan fingerprint density at radius 2 is 2.25 bits per heavy atom. The lowest BCUT2D eigenvalue weighted by Gasteiger charge is -2.08. The summed E-state index contributed by atoms with van der Waals surface area (Å²) < 4.78 is 0.927. The number of unbranched alkanes of at least 4 members (excludes halogenated alkanes) is 1. The van der Waals surface area contributed by atoms with Crippen LogP contribution in [0.2, 0.25) is 5.02 Å². The Labute approximate surface area is 114 Å². The molecular formula is C11H14ClIN2O. The third-order valence-electron chi connectivity index (χ3n) is 2.00. The molecule has 88 valence electrons. The number of halogens is 2. The number of anilines is 1. The van der Waals surface area contributed by atoms with Crippen molar-refractivity contribution in [1.29, 1.82) is 0 Å². The molecule has 0 atom stereocenters. The Kier molecular flexibility index (Phi) is 5.90. The van der Waals surface area contributed by atoms with E-state index in [0.717, 1.165) is 22.1 Å². The quantitative estimate of drug-likeness (QED) is 0.627. The first kappa shape index (κ1) is 13.6. The minimum Gasteiger partial charge on any atom is -0.338 e. The highest BCUT2D eigenvalue weighted by atomic mass is 127. The van der Waals surface area contributed by atoms with E-state index in [1.54, 1.807) is 12.1 Å². The van der Waals surface area contributed by atoms with Crippen molar-refractivity contribution < 1.29 is 4.79 Å². The maximum absolute atomic E-state index is 11.5. The molecule has 0 aliphatic rings. The van der Waals surface area contributed by atoms with Gasteiger partial charge in [-0.1, -0.05) is 24.9 Å².